The first-order valence-electron chi connectivity index (χ1n) is 10.3. The van der Waals surface area contributed by atoms with Crippen molar-refractivity contribution in [3.05, 3.63) is 65.2 Å². The average molecular weight is 419 g/mol. The van der Waals surface area contributed by atoms with Crippen molar-refractivity contribution in [1.29, 1.82) is 0 Å². The van der Waals surface area contributed by atoms with Crippen LogP contribution in [-0.2, 0) is 25.7 Å². The fraction of sp³-hybridized carbons (Fsp3) is 0.320. The van der Waals surface area contributed by atoms with Gasteiger partial charge in [-0.05, 0) is 30.2 Å². The van der Waals surface area contributed by atoms with Gasteiger partial charge in [-0.25, -0.2) is 0 Å². The summed E-state index contributed by atoms with van der Waals surface area (Å²) in [7, 11) is 0. The van der Waals surface area contributed by atoms with Gasteiger partial charge >= 0.3 is 5.97 Å². The Hall–Kier alpha value is -3.43. The Bertz CT molecular complexity index is 1020. The van der Waals surface area contributed by atoms with E-state index in [1.165, 1.54) is 0 Å². The molecule has 1 heterocycles. The number of carboxylic acids is 1. The number of hydrogen-bond acceptors (Lipinski definition) is 4. The second-order valence-electron chi connectivity index (χ2n) is 7.30. The lowest BCUT2D eigenvalue weighted by Gasteiger charge is -2.26. The third-order valence-corrected chi connectivity index (χ3v) is 5.00. The first-order valence-corrected chi connectivity index (χ1v) is 10.3. The van der Waals surface area contributed by atoms with Crippen LogP contribution in [0.2, 0.25) is 0 Å². The number of aliphatic carboxylic acids is 1. The Kier molecular flexibility index (Phi) is 7.97. The van der Waals surface area contributed by atoms with E-state index in [0.717, 1.165) is 22.4 Å². The average Bonchev–Trinajstić information content (AvgIpc) is 2.76. The smallest absolute Gasteiger partial charge is 0.305 e. The standard InChI is InChI=1S/C25H25NO5/c27-22(9-5-16-31-17-15-25(29)30)13-14-24(28)26-18-21-8-2-1-6-19(21)11-12-20-7-3-4-10-23(20)26/h1-4,6-8,10H,5,9,13-18H2,(H,29,30). The van der Waals surface area contributed by atoms with Crippen LogP contribution in [0.25, 0.3) is 0 Å². The molecule has 160 valence electrons. The first kappa shape index (κ1) is 22.3. The van der Waals surface area contributed by atoms with Gasteiger partial charge in [0.2, 0.25) is 5.91 Å². The summed E-state index contributed by atoms with van der Waals surface area (Å²) < 4.78 is 5.19. The summed E-state index contributed by atoms with van der Waals surface area (Å²) in [5.41, 5.74) is 3.42. The molecule has 6 nitrogen and oxygen atoms in total. The molecule has 0 atom stereocenters. The number of anilines is 1. The number of carboxylic acid groups (broad SMARTS) is 1. The molecule has 31 heavy (non-hydrogen) atoms. The Morgan fingerprint density at radius 3 is 2.39 bits per heavy atom. The predicted octanol–water partition coefficient (Wildman–Crippen LogP) is 3.55. The van der Waals surface area contributed by atoms with E-state index in [-0.39, 0.29) is 37.6 Å². The zero-order chi connectivity index (χ0) is 22.1. The van der Waals surface area contributed by atoms with E-state index >= 15 is 0 Å². The Morgan fingerprint density at radius 2 is 1.58 bits per heavy atom. The number of para-hydroxylation sites is 1. The first-order chi connectivity index (χ1) is 15.0. The number of carbonyl (C=O) groups excluding carboxylic acids is 2. The predicted molar refractivity (Wildman–Crippen MR) is 117 cm³/mol. The molecule has 0 radical (unpaired) electrons. The van der Waals surface area contributed by atoms with E-state index in [1.54, 1.807) is 4.90 Å². The summed E-state index contributed by atoms with van der Waals surface area (Å²) in [6.07, 6.45) is 1.07. The lowest BCUT2D eigenvalue weighted by Crippen LogP contribution is -2.32. The molecule has 3 rings (SSSR count). The molecule has 0 spiro atoms. The van der Waals surface area contributed by atoms with Crippen LogP contribution in [0, 0.1) is 11.8 Å². The molecular weight excluding hydrogens is 394 g/mol. The van der Waals surface area contributed by atoms with Crippen molar-refractivity contribution in [2.45, 2.75) is 38.6 Å². The van der Waals surface area contributed by atoms with E-state index in [2.05, 4.69) is 11.8 Å². The molecule has 0 saturated carbocycles. The molecule has 1 N–H and O–H groups in total. The molecule has 2 aromatic rings. The third kappa shape index (κ3) is 6.53. The minimum absolute atomic E-state index is 0.00398. The number of nitrogens with zero attached hydrogens (tertiary/aromatic N) is 1. The van der Waals surface area contributed by atoms with Crippen LogP contribution in [0.15, 0.2) is 48.5 Å². The van der Waals surface area contributed by atoms with Gasteiger partial charge in [0.1, 0.15) is 5.78 Å². The molecule has 2 aromatic carbocycles. The van der Waals surface area contributed by atoms with E-state index in [1.807, 2.05) is 48.5 Å². The molecular formula is C25H25NO5. The van der Waals surface area contributed by atoms with Crippen LogP contribution in [-0.4, -0.2) is 36.0 Å². The maximum Gasteiger partial charge on any atom is 0.305 e. The van der Waals surface area contributed by atoms with Crippen molar-refractivity contribution >= 4 is 23.3 Å². The van der Waals surface area contributed by atoms with Gasteiger partial charge in [0, 0.05) is 37.0 Å². The monoisotopic (exact) mass is 419 g/mol. The third-order valence-electron chi connectivity index (χ3n) is 5.00. The Labute approximate surface area is 181 Å². The Morgan fingerprint density at radius 1 is 0.871 bits per heavy atom. The molecule has 0 aromatic heterocycles. The summed E-state index contributed by atoms with van der Waals surface area (Å²) in [5, 5.41) is 8.56. The lowest BCUT2D eigenvalue weighted by atomic mass is 10.0. The topological polar surface area (TPSA) is 83.9 Å². The van der Waals surface area contributed by atoms with Crippen molar-refractivity contribution < 1.29 is 24.2 Å². The van der Waals surface area contributed by atoms with Crippen molar-refractivity contribution in [2.75, 3.05) is 18.1 Å². The summed E-state index contributed by atoms with van der Waals surface area (Å²) in [5.74, 6) is 5.32. The number of benzene rings is 2. The highest BCUT2D eigenvalue weighted by Crippen LogP contribution is 2.26. The molecule has 6 heteroatoms. The maximum absolute atomic E-state index is 13.1. The zero-order valence-electron chi connectivity index (χ0n) is 17.3. The zero-order valence-corrected chi connectivity index (χ0v) is 17.3. The second kappa shape index (κ2) is 11.1. The summed E-state index contributed by atoms with van der Waals surface area (Å²) in [4.78, 5) is 37.4. The quantitative estimate of drug-likeness (QED) is 0.470. The fourth-order valence-corrected chi connectivity index (χ4v) is 3.35. The van der Waals surface area contributed by atoms with Crippen LogP contribution in [0.3, 0.4) is 0 Å². The molecule has 0 bridgehead atoms. The number of amides is 1. The number of fused-ring (bicyclic) bond motifs is 2. The highest BCUT2D eigenvalue weighted by molar-refractivity contribution is 5.97. The fourth-order valence-electron chi connectivity index (χ4n) is 3.35. The molecule has 1 aliphatic heterocycles. The molecule has 0 fully saturated rings. The van der Waals surface area contributed by atoms with Gasteiger partial charge in [0.15, 0.2) is 0 Å². The molecule has 0 unspecified atom stereocenters. The SMILES string of the molecule is O=C(O)CCOCCCC(=O)CCC(=O)N1Cc2ccccc2C#Cc2ccccc21. The summed E-state index contributed by atoms with van der Waals surface area (Å²) in [6, 6.07) is 15.3. The minimum Gasteiger partial charge on any atom is -0.481 e. The van der Waals surface area contributed by atoms with Crippen molar-refractivity contribution in [3.63, 3.8) is 0 Å². The normalized spacial score (nSPS) is 11.9. The number of hydrogen-bond donors (Lipinski definition) is 1. The summed E-state index contributed by atoms with van der Waals surface area (Å²) >= 11 is 0. The van der Waals surface area contributed by atoms with Crippen LogP contribution in [0.1, 0.15) is 48.8 Å². The highest BCUT2D eigenvalue weighted by Gasteiger charge is 2.21. The minimum atomic E-state index is -0.908. The van der Waals surface area contributed by atoms with Crippen molar-refractivity contribution in [2.24, 2.45) is 0 Å². The number of ketones is 1. The van der Waals surface area contributed by atoms with Gasteiger partial charge in [0.05, 0.1) is 25.3 Å². The maximum atomic E-state index is 13.1. The van der Waals surface area contributed by atoms with Crippen molar-refractivity contribution in [1.82, 2.24) is 0 Å². The van der Waals surface area contributed by atoms with Gasteiger partial charge in [-0.3, -0.25) is 14.4 Å². The van der Waals surface area contributed by atoms with Crippen LogP contribution >= 0.6 is 0 Å². The molecule has 0 saturated heterocycles. The number of Topliss-reactive ketones (excluding diaryl/α,β-unsaturated/α-hetero) is 1. The van der Waals surface area contributed by atoms with Crippen molar-refractivity contribution in [3.8, 4) is 11.8 Å². The largest absolute Gasteiger partial charge is 0.481 e. The number of rotatable bonds is 10. The summed E-state index contributed by atoms with van der Waals surface area (Å²) in [6.45, 7) is 0.884. The van der Waals surface area contributed by atoms with Gasteiger partial charge in [-0.15, -0.1) is 0 Å². The van der Waals surface area contributed by atoms with Gasteiger partial charge in [-0.1, -0.05) is 42.2 Å². The Balaban J connectivity index is 1.58. The lowest BCUT2D eigenvalue weighted by molar-refractivity contribution is -0.138. The van der Waals surface area contributed by atoms with Gasteiger partial charge in [0.25, 0.3) is 0 Å². The molecule has 1 aliphatic rings. The van der Waals surface area contributed by atoms with Crippen LogP contribution < -0.4 is 4.90 Å². The van der Waals surface area contributed by atoms with Gasteiger partial charge < -0.3 is 14.7 Å². The molecule has 1 amide bonds. The van der Waals surface area contributed by atoms with E-state index in [9.17, 15) is 14.4 Å². The van der Waals surface area contributed by atoms with E-state index < -0.39 is 5.97 Å². The van der Waals surface area contributed by atoms with Gasteiger partial charge in [-0.2, -0.15) is 0 Å². The van der Waals surface area contributed by atoms with E-state index in [4.69, 9.17) is 9.84 Å². The second-order valence-corrected chi connectivity index (χ2v) is 7.30. The highest BCUT2D eigenvalue weighted by atomic mass is 16.5. The van der Waals surface area contributed by atoms with Crippen LogP contribution in [0.5, 0.6) is 0 Å². The number of ether oxygens (including phenoxy) is 1. The molecule has 0 aliphatic carbocycles. The van der Waals surface area contributed by atoms with E-state index in [0.29, 0.717) is 26.0 Å². The van der Waals surface area contributed by atoms with Crippen LogP contribution in [0.4, 0.5) is 5.69 Å². The number of carbonyl (C=O) groups is 3.